The maximum atomic E-state index is 5.43. The quantitative estimate of drug-likeness (QED) is 0.437. The maximum absolute atomic E-state index is 5.43. The molecule has 3 heteroatoms. The summed E-state index contributed by atoms with van der Waals surface area (Å²) < 4.78 is 5.43. The highest BCUT2D eigenvalue weighted by Crippen LogP contribution is 2.22. The fourth-order valence-corrected chi connectivity index (χ4v) is 1.53. The number of ether oxygens (including phenoxy) is 1. The molecule has 1 aromatic heterocycles. The molecule has 0 unspecified atom stereocenters. The van der Waals surface area contributed by atoms with Crippen molar-refractivity contribution >= 4 is 5.57 Å². The van der Waals surface area contributed by atoms with Crippen LogP contribution in [0.4, 0.5) is 0 Å². The summed E-state index contributed by atoms with van der Waals surface area (Å²) in [5.41, 5.74) is 2.66. The van der Waals surface area contributed by atoms with Gasteiger partial charge in [0.1, 0.15) is 6.33 Å². The molecule has 0 aromatic carbocycles. The smallest absolute Gasteiger partial charge is 0.217 e. The van der Waals surface area contributed by atoms with Crippen molar-refractivity contribution in [1.29, 1.82) is 0 Å². The molecule has 0 fully saturated rings. The lowest BCUT2D eigenvalue weighted by Crippen LogP contribution is -1.99. The van der Waals surface area contributed by atoms with Crippen LogP contribution in [-0.4, -0.2) is 16.6 Å². The van der Waals surface area contributed by atoms with E-state index in [0.717, 1.165) is 23.3 Å². The minimum atomic E-state index is 0.325. The third-order valence-corrected chi connectivity index (χ3v) is 2.61. The zero-order valence-electron chi connectivity index (χ0n) is 13.7. The molecule has 22 heavy (non-hydrogen) atoms. The maximum Gasteiger partial charge on any atom is 0.217 e. The van der Waals surface area contributed by atoms with E-state index in [1.54, 1.807) is 13.0 Å². The predicted octanol–water partition coefficient (Wildman–Crippen LogP) is 4.61. The Balaban J connectivity index is 0.00000211. The fraction of sp³-hybridized carbons (Fsp3) is 0.263. The van der Waals surface area contributed by atoms with Gasteiger partial charge in [-0.15, -0.1) is 19.1 Å². The first kappa shape index (κ1) is 19.4. The summed E-state index contributed by atoms with van der Waals surface area (Å²) in [5.74, 6) is 6.11. The van der Waals surface area contributed by atoms with Crippen LogP contribution >= 0.6 is 0 Å². The molecule has 0 radical (unpaired) electrons. The van der Waals surface area contributed by atoms with E-state index >= 15 is 0 Å². The second kappa shape index (κ2) is 12.2. The first-order chi connectivity index (χ1) is 10.7. The van der Waals surface area contributed by atoms with E-state index in [4.69, 9.17) is 4.74 Å². The van der Waals surface area contributed by atoms with Crippen LogP contribution in [0, 0.1) is 11.8 Å². The van der Waals surface area contributed by atoms with Gasteiger partial charge in [0.2, 0.25) is 5.88 Å². The zero-order valence-corrected chi connectivity index (χ0v) is 13.7. The van der Waals surface area contributed by atoms with Crippen LogP contribution in [0.15, 0.2) is 55.9 Å². The van der Waals surface area contributed by atoms with Crippen LogP contribution in [0.5, 0.6) is 5.88 Å². The van der Waals surface area contributed by atoms with E-state index in [-0.39, 0.29) is 0 Å². The van der Waals surface area contributed by atoms with Gasteiger partial charge in [0.05, 0.1) is 5.69 Å². The van der Waals surface area contributed by atoms with Gasteiger partial charge in [-0.05, 0) is 25.8 Å². The lowest BCUT2D eigenvalue weighted by molar-refractivity contribution is 0.354. The Morgan fingerprint density at radius 2 is 2.09 bits per heavy atom. The first-order valence-electron chi connectivity index (χ1n) is 7.09. The average molecular weight is 296 g/mol. The van der Waals surface area contributed by atoms with Crippen molar-refractivity contribution in [3.63, 3.8) is 0 Å². The highest BCUT2D eigenvalue weighted by atomic mass is 16.5. The van der Waals surface area contributed by atoms with E-state index < -0.39 is 0 Å². The minimum Gasteiger partial charge on any atom is -0.464 e. The molecule has 0 bridgehead atoms. The molecule has 0 spiro atoms. The molecule has 1 rings (SSSR count). The summed E-state index contributed by atoms with van der Waals surface area (Å²) in [4.78, 5) is 8.30. The Labute approximate surface area is 134 Å². The topological polar surface area (TPSA) is 35.0 Å². The van der Waals surface area contributed by atoms with Crippen molar-refractivity contribution in [2.24, 2.45) is 0 Å². The molecule has 0 atom stereocenters. The second-order valence-electron chi connectivity index (χ2n) is 3.99. The summed E-state index contributed by atoms with van der Waals surface area (Å²) in [6, 6.07) is 1.78. The fourth-order valence-electron chi connectivity index (χ4n) is 1.53. The summed E-state index contributed by atoms with van der Waals surface area (Å²) in [5, 5.41) is 0. The van der Waals surface area contributed by atoms with Gasteiger partial charge in [0.15, 0.2) is 6.61 Å². The Morgan fingerprint density at radius 3 is 2.68 bits per heavy atom. The van der Waals surface area contributed by atoms with E-state index in [9.17, 15) is 0 Å². The molecular weight excluding hydrogens is 272 g/mol. The number of hydrogen-bond donors (Lipinski definition) is 0. The van der Waals surface area contributed by atoms with Crippen LogP contribution in [0.2, 0.25) is 0 Å². The van der Waals surface area contributed by atoms with E-state index in [0.29, 0.717) is 12.5 Å². The average Bonchev–Trinajstić information content (AvgIpc) is 2.57. The van der Waals surface area contributed by atoms with Gasteiger partial charge >= 0.3 is 0 Å². The molecule has 0 aliphatic carbocycles. The lowest BCUT2D eigenvalue weighted by Gasteiger charge is -2.07. The van der Waals surface area contributed by atoms with Gasteiger partial charge in [-0.3, -0.25) is 0 Å². The Morgan fingerprint density at radius 1 is 1.36 bits per heavy atom. The summed E-state index contributed by atoms with van der Waals surface area (Å²) in [7, 11) is 0. The third-order valence-electron chi connectivity index (χ3n) is 2.61. The van der Waals surface area contributed by atoms with Crippen LogP contribution in [0.3, 0.4) is 0 Å². The number of aromatic nitrogens is 2. The molecule has 0 aliphatic heterocycles. The predicted molar refractivity (Wildman–Crippen MR) is 94.5 cm³/mol. The van der Waals surface area contributed by atoms with Crippen molar-refractivity contribution in [3.8, 4) is 17.7 Å². The highest BCUT2D eigenvalue weighted by Gasteiger charge is 2.06. The molecule has 0 N–H and O–H groups in total. The number of nitrogens with zero attached hydrogens (tertiary/aromatic N) is 2. The number of rotatable bonds is 6. The van der Waals surface area contributed by atoms with Gasteiger partial charge in [-0.25, -0.2) is 9.97 Å². The minimum absolute atomic E-state index is 0.325. The van der Waals surface area contributed by atoms with Crippen molar-refractivity contribution in [3.05, 3.63) is 61.6 Å². The molecule has 0 aliphatic rings. The van der Waals surface area contributed by atoms with Crippen molar-refractivity contribution < 1.29 is 4.74 Å². The van der Waals surface area contributed by atoms with Crippen LogP contribution < -0.4 is 4.74 Å². The van der Waals surface area contributed by atoms with Gasteiger partial charge in [0.25, 0.3) is 0 Å². The van der Waals surface area contributed by atoms with Gasteiger partial charge < -0.3 is 4.74 Å². The number of allylic oxidation sites excluding steroid dienone is 5. The molecule has 1 aromatic rings. The van der Waals surface area contributed by atoms with Gasteiger partial charge in [-0.1, -0.05) is 37.7 Å². The molecule has 116 valence electrons. The molecule has 3 nitrogen and oxygen atoms in total. The third kappa shape index (κ3) is 6.71. The Hall–Kier alpha value is -2.60. The zero-order chi connectivity index (χ0) is 16.8. The van der Waals surface area contributed by atoms with E-state index in [1.807, 2.05) is 19.1 Å². The summed E-state index contributed by atoms with van der Waals surface area (Å²) in [6.07, 6.45) is 8.62. The van der Waals surface area contributed by atoms with Gasteiger partial charge in [-0.2, -0.15) is 0 Å². The first-order valence-corrected chi connectivity index (χ1v) is 7.09. The Bertz CT molecular complexity index is 589. The van der Waals surface area contributed by atoms with Crippen molar-refractivity contribution in [2.45, 2.75) is 27.2 Å². The van der Waals surface area contributed by atoms with Crippen LogP contribution in [-0.2, 0) is 0 Å². The molecular formula is C19H24N2O. The van der Waals surface area contributed by atoms with Crippen molar-refractivity contribution in [2.75, 3.05) is 6.61 Å². The molecule has 0 amide bonds. The van der Waals surface area contributed by atoms with E-state index in [2.05, 4.69) is 54.5 Å². The van der Waals surface area contributed by atoms with E-state index in [1.165, 1.54) is 6.33 Å². The lowest BCUT2D eigenvalue weighted by atomic mass is 10.0. The second-order valence-corrected chi connectivity index (χ2v) is 3.99. The molecule has 1 heterocycles. The van der Waals surface area contributed by atoms with Crippen LogP contribution in [0.25, 0.3) is 5.57 Å². The SMILES string of the molecule is C=C.C=C(C(/C=C\CC)=C/C)c1cc(OCC#CC)ncn1. The summed E-state index contributed by atoms with van der Waals surface area (Å²) >= 11 is 0. The normalized spacial score (nSPS) is 10.2. The van der Waals surface area contributed by atoms with Gasteiger partial charge in [0, 0.05) is 11.6 Å². The largest absolute Gasteiger partial charge is 0.464 e. The monoisotopic (exact) mass is 296 g/mol. The van der Waals surface area contributed by atoms with Crippen molar-refractivity contribution in [1.82, 2.24) is 9.97 Å². The summed E-state index contributed by atoms with van der Waals surface area (Å²) in [6.45, 7) is 16.3. The Kier molecular flexibility index (Phi) is 10.7. The number of hydrogen-bond acceptors (Lipinski definition) is 3. The molecule has 0 saturated carbocycles. The standard InChI is InChI=1S/C17H20N2O.C2H4/c1-5-8-10-15(7-3)14(4)16-12-17(19-13-18-16)20-11-9-6-2;1-2/h7-8,10,12-13H,4-5,11H2,1-3H3;1-2H2/b10-8-,15-7+;. The van der Waals surface area contributed by atoms with Crippen LogP contribution in [0.1, 0.15) is 32.9 Å². The highest BCUT2D eigenvalue weighted by molar-refractivity contribution is 5.78. The molecule has 0 saturated heterocycles.